The fourth-order valence-corrected chi connectivity index (χ4v) is 1.26. The van der Waals surface area contributed by atoms with Gasteiger partial charge >= 0.3 is 0 Å². The number of hydrogen-bond donors (Lipinski definition) is 1. The van der Waals surface area contributed by atoms with E-state index in [0.717, 1.165) is 0 Å². The quantitative estimate of drug-likeness (QED) is 0.796. The second-order valence-corrected chi connectivity index (χ2v) is 3.59. The zero-order chi connectivity index (χ0) is 10.8. The van der Waals surface area contributed by atoms with Crippen LogP contribution < -0.4 is 5.56 Å². The molecule has 0 radical (unpaired) electrons. The van der Waals surface area contributed by atoms with E-state index in [2.05, 4.69) is 15.1 Å². The molecule has 1 N–H and O–H groups in total. The number of nitrogens with zero attached hydrogens (tertiary/aromatic N) is 3. The van der Waals surface area contributed by atoms with Gasteiger partial charge in [0.2, 0.25) is 0 Å². The van der Waals surface area contributed by atoms with E-state index < -0.39 is 0 Å². The van der Waals surface area contributed by atoms with Crippen molar-refractivity contribution in [2.75, 3.05) is 0 Å². The Morgan fingerprint density at radius 2 is 2.27 bits per heavy atom. The van der Waals surface area contributed by atoms with Crippen molar-refractivity contribution in [1.82, 2.24) is 19.7 Å². The van der Waals surface area contributed by atoms with Crippen molar-refractivity contribution < 1.29 is 0 Å². The molecule has 2 aromatic rings. The van der Waals surface area contributed by atoms with Crippen molar-refractivity contribution in [3.05, 3.63) is 40.7 Å². The van der Waals surface area contributed by atoms with Crippen LogP contribution in [0, 0.1) is 0 Å². The largest absolute Gasteiger partial charge is 0.310 e. The van der Waals surface area contributed by atoms with Crippen LogP contribution in [0.25, 0.3) is 5.82 Å². The fourth-order valence-electron chi connectivity index (χ4n) is 1.26. The maximum atomic E-state index is 11.4. The minimum Gasteiger partial charge on any atom is -0.310 e. The molecule has 0 bridgehead atoms. The molecule has 0 saturated carbocycles. The predicted molar refractivity (Wildman–Crippen MR) is 56.1 cm³/mol. The van der Waals surface area contributed by atoms with Crippen LogP contribution in [0.2, 0.25) is 0 Å². The van der Waals surface area contributed by atoms with E-state index in [-0.39, 0.29) is 11.5 Å². The number of nitrogens with one attached hydrogen (secondary N) is 1. The van der Waals surface area contributed by atoms with Gasteiger partial charge in [0.25, 0.3) is 5.56 Å². The average molecular weight is 204 g/mol. The van der Waals surface area contributed by atoms with Crippen LogP contribution in [0.15, 0.2) is 29.3 Å². The van der Waals surface area contributed by atoms with Crippen LogP contribution in [0.1, 0.15) is 25.6 Å². The Hall–Kier alpha value is -1.91. The number of rotatable bonds is 2. The van der Waals surface area contributed by atoms with Gasteiger partial charge in [-0.15, -0.1) is 0 Å². The first kappa shape index (κ1) is 9.64. The molecule has 2 rings (SSSR count). The SMILES string of the molecule is CC(C)c1nc(-n2cccn2)cc(=O)[nH]1. The van der Waals surface area contributed by atoms with Gasteiger partial charge in [-0.3, -0.25) is 4.79 Å². The molecule has 0 spiro atoms. The molecule has 78 valence electrons. The molecule has 0 aliphatic rings. The molecular weight excluding hydrogens is 192 g/mol. The highest BCUT2D eigenvalue weighted by Crippen LogP contribution is 2.08. The highest BCUT2D eigenvalue weighted by Gasteiger charge is 2.06. The van der Waals surface area contributed by atoms with Crippen molar-refractivity contribution in [1.29, 1.82) is 0 Å². The van der Waals surface area contributed by atoms with Gasteiger partial charge in [-0.1, -0.05) is 13.8 Å². The van der Waals surface area contributed by atoms with Gasteiger partial charge in [-0.05, 0) is 6.07 Å². The summed E-state index contributed by atoms with van der Waals surface area (Å²) >= 11 is 0. The first-order valence-corrected chi connectivity index (χ1v) is 4.78. The summed E-state index contributed by atoms with van der Waals surface area (Å²) in [4.78, 5) is 18.4. The van der Waals surface area contributed by atoms with Crippen molar-refractivity contribution in [3.8, 4) is 5.82 Å². The molecule has 0 aromatic carbocycles. The molecule has 0 unspecified atom stereocenters. The summed E-state index contributed by atoms with van der Waals surface area (Å²) < 4.78 is 1.57. The fraction of sp³-hybridized carbons (Fsp3) is 0.300. The van der Waals surface area contributed by atoms with Gasteiger partial charge in [0.1, 0.15) is 5.82 Å². The molecule has 0 amide bonds. The van der Waals surface area contributed by atoms with Crippen molar-refractivity contribution in [2.24, 2.45) is 0 Å². The Morgan fingerprint density at radius 3 is 2.87 bits per heavy atom. The van der Waals surface area contributed by atoms with Crippen LogP contribution in [-0.4, -0.2) is 19.7 Å². The lowest BCUT2D eigenvalue weighted by Gasteiger charge is -2.06. The Labute approximate surface area is 86.8 Å². The second kappa shape index (κ2) is 3.68. The molecule has 0 fully saturated rings. The van der Waals surface area contributed by atoms with Gasteiger partial charge < -0.3 is 4.98 Å². The van der Waals surface area contributed by atoms with Crippen molar-refractivity contribution >= 4 is 0 Å². The van der Waals surface area contributed by atoms with E-state index >= 15 is 0 Å². The van der Waals surface area contributed by atoms with Crippen LogP contribution in [0.5, 0.6) is 0 Å². The Kier molecular flexibility index (Phi) is 2.37. The maximum Gasteiger partial charge on any atom is 0.253 e. The lowest BCUT2D eigenvalue weighted by atomic mass is 10.2. The average Bonchev–Trinajstić information content (AvgIpc) is 2.69. The number of aromatic nitrogens is 4. The first-order valence-electron chi connectivity index (χ1n) is 4.78. The smallest absolute Gasteiger partial charge is 0.253 e. The van der Waals surface area contributed by atoms with E-state index in [1.54, 1.807) is 23.1 Å². The van der Waals surface area contributed by atoms with E-state index in [1.165, 1.54) is 6.07 Å². The van der Waals surface area contributed by atoms with Crippen molar-refractivity contribution in [3.63, 3.8) is 0 Å². The minimum absolute atomic E-state index is 0.154. The summed E-state index contributed by atoms with van der Waals surface area (Å²) in [5.74, 6) is 1.41. The van der Waals surface area contributed by atoms with Crippen LogP contribution in [0.4, 0.5) is 0 Å². The Balaban J connectivity index is 2.54. The number of H-pyrrole nitrogens is 1. The minimum atomic E-state index is -0.154. The highest BCUT2D eigenvalue weighted by molar-refractivity contribution is 5.20. The zero-order valence-corrected chi connectivity index (χ0v) is 8.64. The second-order valence-electron chi connectivity index (χ2n) is 3.59. The molecule has 0 aliphatic carbocycles. The van der Waals surface area contributed by atoms with Gasteiger partial charge in [0.15, 0.2) is 5.82 Å². The Bertz CT molecular complexity index is 498. The summed E-state index contributed by atoms with van der Waals surface area (Å²) in [6, 6.07) is 3.22. The summed E-state index contributed by atoms with van der Waals surface area (Å²) in [5.41, 5.74) is -0.154. The predicted octanol–water partition coefficient (Wildman–Crippen LogP) is 1.08. The molecule has 0 aliphatic heterocycles. The molecule has 0 atom stereocenters. The lowest BCUT2D eigenvalue weighted by Crippen LogP contribution is -2.15. The third kappa shape index (κ3) is 1.96. The summed E-state index contributed by atoms with van der Waals surface area (Å²) in [6.45, 7) is 3.95. The number of hydrogen-bond acceptors (Lipinski definition) is 3. The third-order valence-electron chi connectivity index (χ3n) is 2.03. The van der Waals surface area contributed by atoms with Gasteiger partial charge in [0.05, 0.1) is 0 Å². The van der Waals surface area contributed by atoms with E-state index in [9.17, 15) is 4.79 Å². The Morgan fingerprint density at radius 1 is 1.47 bits per heavy atom. The van der Waals surface area contributed by atoms with Gasteiger partial charge in [-0.25, -0.2) is 9.67 Å². The normalized spacial score (nSPS) is 10.9. The third-order valence-corrected chi connectivity index (χ3v) is 2.03. The monoisotopic (exact) mass is 204 g/mol. The van der Waals surface area contributed by atoms with Crippen molar-refractivity contribution in [2.45, 2.75) is 19.8 Å². The first-order chi connectivity index (χ1) is 7.16. The molecule has 2 heterocycles. The molecule has 2 aromatic heterocycles. The van der Waals surface area contributed by atoms with Crippen LogP contribution >= 0.6 is 0 Å². The standard InChI is InChI=1S/C10H12N4O/c1-7(2)10-12-8(6-9(15)13-10)14-5-3-4-11-14/h3-7H,1-2H3,(H,12,13,15). The molecule has 5 nitrogen and oxygen atoms in total. The molecule has 5 heteroatoms. The lowest BCUT2D eigenvalue weighted by molar-refractivity contribution is 0.738. The summed E-state index contributed by atoms with van der Waals surface area (Å²) in [6.07, 6.45) is 3.41. The topological polar surface area (TPSA) is 63.6 Å². The molecule has 15 heavy (non-hydrogen) atoms. The zero-order valence-electron chi connectivity index (χ0n) is 8.64. The molecular formula is C10H12N4O. The van der Waals surface area contributed by atoms with E-state index in [1.807, 2.05) is 13.8 Å². The van der Waals surface area contributed by atoms with Crippen LogP contribution in [-0.2, 0) is 0 Å². The van der Waals surface area contributed by atoms with E-state index in [0.29, 0.717) is 11.6 Å². The van der Waals surface area contributed by atoms with Gasteiger partial charge in [-0.2, -0.15) is 5.10 Å². The maximum absolute atomic E-state index is 11.4. The van der Waals surface area contributed by atoms with Gasteiger partial charge in [0, 0.05) is 24.4 Å². The summed E-state index contributed by atoms with van der Waals surface area (Å²) in [5, 5.41) is 4.03. The number of aromatic amines is 1. The van der Waals surface area contributed by atoms with E-state index in [4.69, 9.17) is 0 Å². The summed E-state index contributed by atoms with van der Waals surface area (Å²) in [7, 11) is 0. The highest BCUT2D eigenvalue weighted by atomic mass is 16.1. The molecule has 0 saturated heterocycles. The van der Waals surface area contributed by atoms with Crippen LogP contribution in [0.3, 0.4) is 0 Å².